The number of alkyl halides is 6. The average molecular weight is 378 g/mol. The zero-order chi connectivity index (χ0) is 13.6. The van der Waals surface area contributed by atoms with Gasteiger partial charge in [-0.1, -0.05) is 0 Å². The molecule has 0 aromatic rings. The van der Waals surface area contributed by atoms with Crippen LogP contribution in [0.4, 0.5) is 17.6 Å². The number of aliphatic carboxylic acids is 1. The number of rotatable bonds is 3. The third kappa shape index (κ3) is 10.1. The minimum absolute atomic E-state index is 0.0416. The van der Waals surface area contributed by atoms with Crippen molar-refractivity contribution < 1.29 is 37.0 Å². The van der Waals surface area contributed by atoms with Crippen LogP contribution in [0.2, 0.25) is 0 Å². The first-order valence-electron chi connectivity index (χ1n) is 3.47. The molecule has 0 spiro atoms. The molecule has 0 aliphatic rings. The van der Waals surface area contributed by atoms with Crippen LogP contribution in [0, 0.1) is 0 Å². The second kappa shape index (κ2) is 7.05. The summed E-state index contributed by atoms with van der Waals surface area (Å²) in [4.78, 5) is 12.0. The topological polar surface area (TPSA) is 63.6 Å². The van der Waals surface area contributed by atoms with E-state index in [1.807, 2.05) is 15.9 Å². The number of hydrogen-bond acceptors (Lipinski definition) is 3. The standard InChI is InChI=1S/C4H5BrF2O2.C2HBrF2O2/c1-2-9-3(8)4(5,6)7;3-2(4,5)1(6)7/h2H2,1H3;(H,6,7). The number of carbonyl (C=O) groups is 2. The summed E-state index contributed by atoms with van der Waals surface area (Å²) in [6, 6.07) is 0. The van der Waals surface area contributed by atoms with Gasteiger partial charge in [-0.15, -0.1) is 0 Å². The maximum atomic E-state index is 11.7. The molecule has 0 saturated heterocycles. The lowest BCUT2D eigenvalue weighted by molar-refractivity contribution is -0.158. The van der Waals surface area contributed by atoms with Gasteiger partial charge in [0.2, 0.25) is 0 Å². The molecule has 10 heteroatoms. The average Bonchev–Trinajstić information content (AvgIpc) is 2.02. The molecule has 0 radical (unpaired) electrons. The van der Waals surface area contributed by atoms with E-state index in [2.05, 4.69) is 4.74 Å². The molecule has 0 atom stereocenters. The minimum atomic E-state index is -3.77. The lowest BCUT2D eigenvalue weighted by atomic mass is 10.7. The Labute approximate surface area is 104 Å². The monoisotopic (exact) mass is 376 g/mol. The van der Waals surface area contributed by atoms with Gasteiger partial charge in [0.25, 0.3) is 0 Å². The zero-order valence-electron chi connectivity index (χ0n) is 7.65. The number of halogens is 6. The third-order valence-corrected chi connectivity index (χ3v) is 1.41. The predicted octanol–water partition coefficient (Wildman–Crippen LogP) is 2.60. The highest BCUT2D eigenvalue weighted by Crippen LogP contribution is 2.22. The van der Waals surface area contributed by atoms with Gasteiger partial charge in [0.1, 0.15) is 0 Å². The van der Waals surface area contributed by atoms with Gasteiger partial charge in [-0.05, 0) is 6.92 Å². The van der Waals surface area contributed by atoms with E-state index in [-0.39, 0.29) is 6.61 Å². The lowest BCUT2D eigenvalue weighted by Crippen LogP contribution is -2.23. The van der Waals surface area contributed by atoms with Crippen LogP contribution in [-0.2, 0) is 14.3 Å². The molecule has 0 aromatic heterocycles. The fraction of sp³-hybridized carbons (Fsp3) is 0.667. The molecular weight excluding hydrogens is 372 g/mol. The molecule has 96 valence electrons. The summed E-state index contributed by atoms with van der Waals surface area (Å²) in [6.07, 6.45) is 0. The van der Waals surface area contributed by atoms with Crippen LogP contribution in [0.15, 0.2) is 0 Å². The molecule has 0 saturated carbocycles. The maximum absolute atomic E-state index is 11.7. The Kier molecular flexibility index (Phi) is 7.93. The van der Waals surface area contributed by atoms with E-state index in [9.17, 15) is 27.2 Å². The zero-order valence-corrected chi connectivity index (χ0v) is 10.8. The Morgan fingerprint density at radius 3 is 1.56 bits per heavy atom. The smallest absolute Gasteiger partial charge is 0.395 e. The van der Waals surface area contributed by atoms with E-state index >= 15 is 0 Å². The molecule has 0 rings (SSSR count). The summed E-state index contributed by atoms with van der Waals surface area (Å²) in [5.74, 6) is -3.72. The van der Waals surface area contributed by atoms with Crippen molar-refractivity contribution in [2.45, 2.75) is 16.6 Å². The van der Waals surface area contributed by atoms with Crippen LogP contribution in [0.25, 0.3) is 0 Å². The van der Waals surface area contributed by atoms with Crippen molar-refractivity contribution in [2.75, 3.05) is 6.61 Å². The maximum Gasteiger partial charge on any atom is 0.395 e. The Bertz CT molecular complexity index is 248. The number of carbonyl (C=O) groups excluding carboxylic acids is 1. The van der Waals surface area contributed by atoms with Crippen molar-refractivity contribution >= 4 is 43.8 Å². The predicted molar refractivity (Wildman–Crippen MR) is 52.0 cm³/mol. The van der Waals surface area contributed by atoms with Crippen molar-refractivity contribution in [3.8, 4) is 0 Å². The van der Waals surface area contributed by atoms with Gasteiger partial charge < -0.3 is 9.84 Å². The molecule has 16 heavy (non-hydrogen) atoms. The second-order valence-corrected chi connectivity index (χ2v) is 4.01. The molecule has 0 aliphatic heterocycles. The Morgan fingerprint density at radius 1 is 1.19 bits per heavy atom. The summed E-state index contributed by atoms with van der Waals surface area (Å²) in [7, 11) is 0. The van der Waals surface area contributed by atoms with E-state index in [0.29, 0.717) is 0 Å². The number of esters is 1. The molecule has 1 N–H and O–H groups in total. The first-order chi connectivity index (χ1) is 6.92. The molecule has 0 aromatic carbocycles. The summed E-state index contributed by atoms with van der Waals surface area (Å²) in [5.41, 5.74) is 0. The Morgan fingerprint density at radius 2 is 1.50 bits per heavy atom. The van der Waals surface area contributed by atoms with Gasteiger partial charge in [0, 0.05) is 31.9 Å². The molecule has 0 unspecified atom stereocenters. The minimum Gasteiger partial charge on any atom is -0.476 e. The number of ether oxygens (including phenoxy) is 1. The van der Waals surface area contributed by atoms with Crippen LogP contribution in [-0.4, -0.2) is 33.3 Å². The van der Waals surface area contributed by atoms with Gasteiger partial charge in [0.15, 0.2) is 0 Å². The van der Waals surface area contributed by atoms with Crippen LogP contribution in [0.3, 0.4) is 0 Å². The Hall–Kier alpha value is -0.380. The van der Waals surface area contributed by atoms with Crippen molar-refractivity contribution in [1.29, 1.82) is 0 Å². The van der Waals surface area contributed by atoms with Crippen molar-refractivity contribution in [3.63, 3.8) is 0 Å². The lowest BCUT2D eigenvalue weighted by Gasteiger charge is -2.05. The number of hydrogen-bond donors (Lipinski definition) is 1. The van der Waals surface area contributed by atoms with Gasteiger partial charge in [-0.3, -0.25) is 0 Å². The molecule has 0 bridgehead atoms. The summed E-state index contributed by atoms with van der Waals surface area (Å²) in [6.45, 7) is 1.41. The third-order valence-electron chi connectivity index (χ3n) is 0.749. The van der Waals surface area contributed by atoms with Crippen LogP contribution < -0.4 is 0 Å². The number of carboxylic acid groups (broad SMARTS) is 1. The van der Waals surface area contributed by atoms with Gasteiger partial charge in [-0.25, -0.2) is 9.59 Å². The SMILES string of the molecule is CCOC(=O)C(F)(F)Br.O=C(O)C(F)(F)Br. The van der Waals surface area contributed by atoms with Gasteiger partial charge in [0.05, 0.1) is 6.61 Å². The molecule has 4 nitrogen and oxygen atoms in total. The molecular formula is C6H6Br2F4O4. The van der Waals surface area contributed by atoms with Crippen LogP contribution in [0.1, 0.15) is 6.92 Å². The van der Waals surface area contributed by atoms with E-state index in [0.717, 1.165) is 0 Å². The first-order valence-corrected chi connectivity index (χ1v) is 5.05. The molecule has 0 fully saturated rings. The van der Waals surface area contributed by atoms with Crippen molar-refractivity contribution in [2.24, 2.45) is 0 Å². The highest BCUT2D eigenvalue weighted by molar-refractivity contribution is 9.10. The fourth-order valence-electron chi connectivity index (χ4n) is 0.213. The van der Waals surface area contributed by atoms with E-state index < -0.39 is 21.6 Å². The molecule has 0 amide bonds. The summed E-state index contributed by atoms with van der Waals surface area (Å²) < 4.78 is 49.8. The molecule has 0 heterocycles. The number of carboxylic acids is 1. The fourth-order valence-corrected chi connectivity index (χ4v) is 0.327. The van der Waals surface area contributed by atoms with Crippen molar-refractivity contribution in [3.05, 3.63) is 0 Å². The van der Waals surface area contributed by atoms with Crippen molar-refractivity contribution in [1.82, 2.24) is 0 Å². The highest BCUT2D eigenvalue weighted by atomic mass is 79.9. The largest absolute Gasteiger partial charge is 0.476 e. The second-order valence-electron chi connectivity index (χ2n) is 2.02. The quantitative estimate of drug-likeness (QED) is 0.466. The van der Waals surface area contributed by atoms with Crippen LogP contribution >= 0.6 is 31.9 Å². The van der Waals surface area contributed by atoms with E-state index in [4.69, 9.17) is 5.11 Å². The Balaban J connectivity index is 0. The van der Waals surface area contributed by atoms with E-state index in [1.54, 1.807) is 15.9 Å². The van der Waals surface area contributed by atoms with E-state index in [1.165, 1.54) is 6.92 Å². The first kappa shape index (κ1) is 18.0. The molecule has 0 aliphatic carbocycles. The van der Waals surface area contributed by atoms with Gasteiger partial charge >= 0.3 is 21.6 Å². The van der Waals surface area contributed by atoms with Crippen LogP contribution in [0.5, 0.6) is 0 Å². The normalized spacial score (nSPS) is 11.2. The van der Waals surface area contributed by atoms with Gasteiger partial charge in [-0.2, -0.15) is 17.6 Å². The summed E-state index contributed by atoms with van der Waals surface area (Å²) >= 11 is 3.45. The highest BCUT2D eigenvalue weighted by Gasteiger charge is 2.36. The summed E-state index contributed by atoms with van der Waals surface area (Å²) in [5, 5.41) is 7.45.